The van der Waals surface area contributed by atoms with E-state index in [0.717, 1.165) is 17.0 Å². The van der Waals surface area contributed by atoms with E-state index in [2.05, 4.69) is 62.1 Å². The first kappa shape index (κ1) is 23.8. The number of ether oxygens (including phenoxy) is 2. The highest BCUT2D eigenvalue weighted by Gasteiger charge is 2.44. The molecule has 3 N–H and O–H groups in total. The van der Waals surface area contributed by atoms with Crippen LogP contribution in [0.25, 0.3) is 33.0 Å². The maximum atomic E-state index is 10.7. The van der Waals surface area contributed by atoms with Crippen LogP contribution in [0.2, 0.25) is 0 Å². The summed E-state index contributed by atoms with van der Waals surface area (Å²) in [6.45, 7) is 5.70. The van der Waals surface area contributed by atoms with Crippen LogP contribution >= 0.6 is 0 Å². The molecule has 5 aromatic rings. The fourth-order valence-electron chi connectivity index (χ4n) is 5.27. The zero-order valence-corrected chi connectivity index (χ0v) is 21.0. The molecule has 0 amide bonds. The normalized spacial score (nSPS) is 22.0. The average Bonchev–Trinajstić information content (AvgIpc) is 3.55. The van der Waals surface area contributed by atoms with Crippen molar-refractivity contribution in [2.75, 3.05) is 20.2 Å². The maximum Gasteiger partial charge on any atom is 0.165 e. The Morgan fingerprint density at radius 2 is 1.78 bits per heavy atom. The number of hydrogen-bond acceptors (Lipinski definition) is 8. The molecule has 4 atom stereocenters. The Labute approximate surface area is 213 Å². The van der Waals surface area contributed by atoms with Crippen molar-refractivity contribution in [2.24, 2.45) is 0 Å². The standard InChI is InChI=1S/C27H30N6O4/c1-15-4-6-18-19-7-5-17(36-3)11-21(19)32(20(18)10-15)9-8-28-12-22-24(34)25(35)27(37-22)33-14-31-23-16(2)29-13-30-26(23)33/h4-7,10-11,13-14,22,24-25,27-28,34-35H,8-9,12H2,1-3H3. The zero-order valence-electron chi connectivity index (χ0n) is 21.0. The van der Waals surface area contributed by atoms with Gasteiger partial charge >= 0.3 is 0 Å². The van der Waals surface area contributed by atoms with E-state index in [4.69, 9.17) is 9.47 Å². The van der Waals surface area contributed by atoms with Crippen LogP contribution in [0.3, 0.4) is 0 Å². The molecule has 4 unspecified atom stereocenters. The van der Waals surface area contributed by atoms with Crippen molar-refractivity contribution < 1.29 is 19.7 Å². The van der Waals surface area contributed by atoms with Crippen LogP contribution in [0.5, 0.6) is 5.75 Å². The first-order valence-electron chi connectivity index (χ1n) is 12.4. The summed E-state index contributed by atoms with van der Waals surface area (Å²) in [7, 11) is 1.68. The van der Waals surface area contributed by atoms with Gasteiger partial charge in [0, 0.05) is 42.0 Å². The first-order valence-corrected chi connectivity index (χ1v) is 12.4. The quantitative estimate of drug-likeness (QED) is 0.291. The van der Waals surface area contributed by atoms with E-state index >= 15 is 0 Å². The smallest absolute Gasteiger partial charge is 0.165 e. The summed E-state index contributed by atoms with van der Waals surface area (Å²) < 4.78 is 15.5. The minimum Gasteiger partial charge on any atom is -0.497 e. The van der Waals surface area contributed by atoms with Crippen molar-refractivity contribution in [1.82, 2.24) is 29.4 Å². The van der Waals surface area contributed by atoms with E-state index < -0.39 is 24.5 Å². The number of nitrogens with one attached hydrogen (secondary N) is 1. The Hall–Kier alpha value is -3.57. The lowest BCUT2D eigenvalue weighted by Crippen LogP contribution is -2.38. The van der Waals surface area contributed by atoms with Crippen LogP contribution in [0, 0.1) is 13.8 Å². The molecule has 37 heavy (non-hydrogen) atoms. The minimum atomic E-state index is -1.10. The molecular weight excluding hydrogens is 472 g/mol. The van der Waals surface area contributed by atoms with Gasteiger partial charge in [0.25, 0.3) is 0 Å². The third-order valence-corrected chi connectivity index (χ3v) is 7.24. The number of benzene rings is 2. The van der Waals surface area contributed by atoms with Gasteiger partial charge in [0.2, 0.25) is 0 Å². The monoisotopic (exact) mass is 502 g/mol. The summed E-state index contributed by atoms with van der Waals surface area (Å²) in [6, 6.07) is 12.7. The SMILES string of the molecule is COc1ccc2c3ccc(C)cc3n(CCNCC3OC(n4cnc5c(C)ncnc54)C(O)C3O)c2c1. The minimum absolute atomic E-state index is 0.384. The number of aryl methyl sites for hydroxylation is 2. The van der Waals surface area contributed by atoms with Gasteiger partial charge < -0.3 is 29.6 Å². The molecule has 0 spiro atoms. The van der Waals surface area contributed by atoms with Crippen molar-refractivity contribution in [3.63, 3.8) is 0 Å². The van der Waals surface area contributed by atoms with Crippen molar-refractivity contribution in [2.45, 2.75) is 44.9 Å². The van der Waals surface area contributed by atoms with Crippen LogP contribution in [0.4, 0.5) is 0 Å². The van der Waals surface area contributed by atoms with E-state index in [1.54, 1.807) is 18.0 Å². The Bertz CT molecular complexity index is 1590. The highest BCUT2D eigenvalue weighted by molar-refractivity contribution is 6.08. The molecule has 192 valence electrons. The largest absolute Gasteiger partial charge is 0.497 e. The van der Waals surface area contributed by atoms with Crippen LogP contribution in [0.1, 0.15) is 17.5 Å². The van der Waals surface area contributed by atoms with E-state index in [1.807, 2.05) is 13.0 Å². The molecule has 1 fully saturated rings. The van der Waals surface area contributed by atoms with Gasteiger partial charge in [0.05, 0.1) is 24.6 Å². The van der Waals surface area contributed by atoms with Gasteiger partial charge in [-0.3, -0.25) is 4.57 Å². The molecule has 0 aliphatic carbocycles. The summed E-state index contributed by atoms with van der Waals surface area (Å²) in [5.74, 6) is 0.816. The van der Waals surface area contributed by atoms with Crippen LogP contribution in [-0.2, 0) is 11.3 Å². The van der Waals surface area contributed by atoms with Crippen molar-refractivity contribution in [3.8, 4) is 5.75 Å². The molecule has 0 radical (unpaired) electrons. The van der Waals surface area contributed by atoms with E-state index in [-0.39, 0.29) is 0 Å². The Morgan fingerprint density at radius 3 is 2.59 bits per heavy atom. The van der Waals surface area contributed by atoms with Gasteiger partial charge in [-0.05, 0) is 37.6 Å². The number of imidazole rings is 1. The number of hydrogen-bond donors (Lipinski definition) is 3. The second-order valence-corrected chi connectivity index (χ2v) is 9.59. The van der Waals surface area contributed by atoms with E-state index in [9.17, 15) is 10.2 Å². The predicted molar refractivity (Wildman–Crippen MR) is 140 cm³/mol. The number of aliphatic hydroxyl groups excluding tert-OH is 2. The van der Waals surface area contributed by atoms with Gasteiger partial charge in [0.15, 0.2) is 11.9 Å². The molecule has 2 aromatic carbocycles. The molecule has 1 saturated heterocycles. The van der Waals surface area contributed by atoms with Gasteiger partial charge in [-0.25, -0.2) is 15.0 Å². The fourth-order valence-corrected chi connectivity index (χ4v) is 5.27. The predicted octanol–water partition coefficient (Wildman–Crippen LogP) is 2.47. The number of aromatic nitrogens is 5. The third-order valence-electron chi connectivity index (χ3n) is 7.24. The summed E-state index contributed by atoms with van der Waals surface area (Å²) in [6.07, 6.45) is -0.486. The maximum absolute atomic E-state index is 10.7. The molecule has 0 bridgehead atoms. The van der Waals surface area contributed by atoms with Gasteiger partial charge in [-0.1, -0.05) is 12.1 Å². The second-order valence-electron chi connectivity index (χ2n) is 9.59. The Balaban J connectivity index is 1.17. The Kier molecular flexibility index (Phi) is 6.04. The van der Waals surface area contributed by atoms with Crippen molar-refractivity contribution in [1.29, 1.82) is 0 Å². The van der Waals surface area contributed by atoms with Crippen molar-refractivity contribution >= 4 is 33.0 Å². The van der Waals surface area contributed by atoms with Crippen LogP contribution in [0.15, 0.2) is 49.1 Å². The highest BCUT2D eigenvalue weighted by atomic mass is 16.6. The summed E-state index contributed by atoms with van der Waals surface area (Å²) in [5, 5.41) is 27.2. The fraction of sp³-hybridized carbons (Fsp3) is 0.370. The van der Waals surface area contributed by atoms with Crippen molar-refractivity contribution in [3.05, 3.63) is 60.3 Å². The topological polar surface area (TPSA) is 119 Å². The Morgan fingerprint density at radius 1 is 1.00 bits per heavy atom. The lowest BCUT2D eigenvalue weighted by Gasteiger charge is -2.17. The number of rotatable bonds is 7. The lowest BCUT2D eigenvalue weighted by atomic mass is 10.1. The molecule has 6 rings (SSSR count). The molecule has 3 aromatic heterocycles. The molecule has 10 nitrogen and oxygen atoms in total. The molecule has 1 aliphatic heterocycles. The molecule has 4 heterocycles. The summed E-state index contributed by atoms with van der Waals surface area (Å²) >= 11 is 0. The first-order chi connectivity index (χ1) is 18.0. The van der Waals surface area contributed by atoms with Crippen LogP contribution in [-0.4, -0.2) is 72.8 Å². The average molecular weight is 503 g/mol. The van der Waals surface area contributed by atoms with Gasteiger partial charge in [-0.15, -0.1) is 0 Å². The zero-order chi connectivity index (χ0) is 25.7. The summed E-state index contributed by atoms with van der Waals surface area (Å²) in [5.41, 5.74) is 5.43. The van der Waals surface area contributed by atoms with Gasteiger partial charge in [-0.2, -0.15) is 0 Å². The number of fused-ring (bicyclic) bond motifs is 4. The number of aliphatic hydroxyl groups is 2. The second kappa shape index (κ2) is 9.38. The van der Waals surface area contributed by atoms with E-state index in [1.165, 1.54) is 28.2 Å². The van der Waals surface area contributed by atoms with Crippen LogP contribution < -0.4 is 10.1 Å². The third kappa shape index (κ3) is 4.02. The lowest BCUT2D eigenvalue weighted by molar-refractivity contribution is -0.0341. The van der Waals surface area contributed by atoms with E-state index in [0.29, 0.717) is 30.8 Å². The molecule has 10 heteroatoms. The highest BCUT2D eigenvalue weighted by Crippen LogP contribution is 2.33. The molecular formula is C27H30N6O4. The number of methoxy groups -OCH3 is 1. The number of nitrogens with zero attached hydrogens (tertiary/aromatic N) is 5. The molecule has 1 aliphatic rings. The molecule has 0 saturated carbocycles. The van der Waals surface area contributed by atoms with Gasteiger partial charge in [0.1, 0.15) is 35.9 Å². The summed E-state index contributed by atoms with van der Waals surface area (Å²) in [4.78, 5) is 12.8.